The summed E-state index contributed by atoms with van der Waals surface area (Å²) in [4.78, 5) is 13.0. The van der Waals surface area contributed by atoms with Gasteiger partial charge >= 0.3 is 0 Å². The van der Waals surface area contributed by atoms with E-state index in [0.29, 0.717) is 16.9 Å². The number of hydrogen-bond acceptors (Lipinski definition) is 2. The number of carbonyl (C=O) groups excluding carboxylic acids is 1. The molecule has 0 saturated carbocycles. The molecular weight excluding hydrogens is 365 g/mol. The van der Waals surface area contributed by atoms with Crippen molar-refractivity contribution in [3.8, 4) is 5.69 Å². The number of amides is 1. The number of hydrogen-bond donors (Lipinski definition) is 1. The van der Waals surface area contributed by atoms with E-state index < -0.39 is 0 Å². The first-order valence-electron chi connectivity index (χ1n) is 9.56. The van der Waals surface area contributed by atoms with Crippen LogP contribution in [0.5, 0.6) is 0 Å². The maximum atomic E-state index is 13.2. The summed E-state index contributed by atoms with van der Waals surface area (Å²) >= 11 is 0. The van der Waals surface area contributed by atoms with Gasteiger partial charge in [0.15, 0.2) is 0 Å². The molecule has 0 bridgehead atoms. The van der Waals surface area contributed by atoms with E-state index in [1.807, 2.05) is 39.0 Å². The largest absolute Gasteiger partial charge is 0.345 e. The lowest BCUT2D eigenvalue weighted by atomic mass is 10.0. The minimum atomic E-state index is -0.308. The Labute approximate surface area is 169 Å². The molecule has 1 amide bonds. The topological polar surface area (TPSA) is 46.9 Å². The first-order chi connectivity index (χ1) is 13.9. The highest BCUT2D eigenvalue weighted by molar-refractivity contribution is 5.97. The molecule has 1 aromatic heterocycles. The fraction of sp³-hybridized carbons (Fsp3) is 0.167. The minimum absolute atomic E-state index is 0.153. The molecule has 5 heteroatoms. The Hall–Kier alpha value is -3.47. The number of fused-ring (bicyclic) bond motifs is 1. The van der Waals surface area contributed by atoms with Crippen LogP contribution >= 0.6 is 0 Å². The van der Waals surface area contributed by atoms with E-state index in [0.717, 1.165) is 16.6 Å². The number of carbonyl (C=O) groups is 1. The Morgan fingerprint density at radius 1 is 1.00 bits per heavy atom. The van der Waals surface area contributed by atoms with Crippen LogP contribution in [0.3, 0.4) is 0 Å². The lowest BCUT2D eigenvalue weighted by molar-refractivity contribution is 0.0938. The van der Waals surface area contributed by atoms with Crippen molar-refractivity contribution in [2.24, 2.45) is 0 Å². The van der Waals surface area contributed by atoms with Crippen molar-refractivity contribution in [3.05, 3.63) is 95.1 Å². The average molecular weight is 387 g/mol. The van der Waals surface area contributed by atoms with E-state index in [2.05, 4.69) is 34.7 Å². The lowest BCUT2D eigenvalue weighted by Gasteiger charge is -2.15. The summed E-state index contributed by atoms with van der Waals surface area (Å²) in [5, 5.41) is 9.88. The summed E-state index contributed by atoms with van der Waals surface area (Å²) in [6, 6.07) is 20.3. The normalized spacial score (nSPS) is 12.1. The Morgan fingerprint density at radius 2 is 1.69 bits per heavy atom. The van der Waals surface area contributed by atoms with Gasteiger partial charge in [-0.1, -0.05) is 36.4 Å². The molecule has 1 unspecified atom stereocenters. The molecule has 146 valence electrons. The fourth-order valence-electron chi connectivity index (χ4n) is 3.63. The molecule has 0 radical (unpaired) electrons. The van der Waals surface area contributed by atoms with Crippen molar-refractivity contribution < 1.29 is 9.18 Å². The molecule has 1 heterocycles. The van der Waals surface area contributed by atoms with Crippen LogP contribution in [0.4, 0.5) is 4.39 Å². The Bertz CT molecular complexity index is 1190. The third kappa shape index (κ3) is 3.63. The second-order valence-corrected chi connectivity index (χ2v) is 7.24. The van der Waals surface area contributed by atoms with Crippen LogP contribution < -0.4 is 5.32 Å². The summed E-state index contributed by atoms with van der Waals surface area (Å²) in [5.41, 5.74) is 3.65. The molecule has 1 atom stereocenters. The summed E-state index contributed by atoms with van der Waals surface area (Å²) < 4.78 is 14.9. The number of benzene rings is 3. The van der Waals surface area contributed by atoms with Crippen LogP contribution in [0.1, 0.15) is 40.3 Å². The molecule has 4 rings (SSSR count). The molecule has 3 aromatic carbocycles. The van der Waals surface area contributed by atoms with Gasteiger partial charge in [0, 0.05) is 0 Å². The quantitative estimate of drug-likeness (QED) is 0.518. The van der Waals surface area contributed by atoms with Gasteiger partial charge in [-0.2, -0.15) is 5.10 Å². The Kier molecular flexibility index (Phi) is 4.89. The maximum Gasteiger partial charge on any atom is 0.255 e. The molecule has 1 N–H and O–H groups in total. The molecular formula is C24H22FN3O. The van der Waals surface area contributed by atoms with Gasteiger partial charge in [-0.05, 0) is 67.4 Å². The molecule has 0 aliphatic carbocycles. The predicted octanol–water partition coefficient (Wildman–Crippen LogP) is 5.27. The summed E-state index contributed by atoms with van der Waals surface area (Å²) in [5.74, 6) is -0.480. The summed E-state index contributed by atoms with van der Waals surface area (Å²) in [6.45, 7) is 5.62. The number of nitrogens with one attached hydrogen (secondary N) is 1. The fourth-order valence-corrected chi connectivity index (χ4v) is 3.63. The zero-order chi connectivity index (χ0) is 20.5. The van der Waals surface area contributed by atoms with Gasteiger partial charge < -0.3 is 5.32 Å². The van der Waals surface area contributed by atoms with Crippen molar-refractivity contribution in [1.29, 1.82) is 0 Å². The zero-order valence-corrected chi connectivity index (χ0v) is 16.6. The standard InChI is InChI=1S/C24H22FN3O/c1-15(19-9-8-18-6-4-5-7-20(18)14-19)26-24(29)23-16(2)27-28(17(23)3)22-12-10-21(25)11-13-22/h4-15H,1-3H3,(H,26,29). The smallest absolute Gasteiger partial charge is 0.255 e. The van der Waals surface area contributed by atoms with Crippen LogP contribution in [-0.2, 0) is 0 Å². The summed E-state index contributed by atoms with van der Waals surface area (Å²) in [6.07, 6.45) is 0. The molecule has 29 heavy (non-hydrogen) atoms. The highest BCUT2D eigenvalue weighted by atomic mass is 19.1. The second kappa shape index (κ2) is 7.51. The third-order valence-electron chi connectivity index (χ3n) is 5.21. The van der Waals surface area contributed by atoms with E-state index in [9.17, 15) is 9.18 Å². The average Bonchev–Trinajstić information content (AvgIpc) is 3.02. The predicted molar refractivity (Wildman–Crippen MR) is 113 cm³/mol. The molecule has 0 aliphatic rings. The van der Waals surface area contributed by atoms with Gasteiger partial charge in [-0.25, -0.2) is 9.07 Å². The van der Waals surface area contributed by atoms with Gasteiger partial charge in [-0.3, -0.25) is 4.79 Å². The molecule has 0 aliphatic heterocycles. The highest BCUT2D eigenvalue weighted by Crippen LogP contribution is 2.22. The Balaban J connectivity index is 1.60. The number of halogens is 1. The molecule has 0 saturated heterocycles. The maximum absolute atomic E-state index is 13.2. The zero-order valence-electron chi connectivity index (χ0n) is 16.6. The van der Waals surface area contributed by atoms with Crippen LogP contribution in [0, 0.1) is 19.7 Å². The van der Waals surface area contributed by atoms with Gasteiger partial charge in [0.2, 0.25) is 0 Å². The van der Waals surface area contributed by atoms with Gasteiger partial charge in [-0.15, -0.1) is 0 Å². The SMILES string of the molecule is Cc1nn(-c2ccc(F)cc2)c(C)c1C(=O)NC(C)c1ccc2ccccc2c1. The highest BCUT2D eigenvalue weighted by Gasteiger charge is 2.21. The van der Waals surface area contributed by atoms with Crippen molar-refractivity contribution in [3.63, 3.8) is 0 Å². The monoisotopic (exact) mass is 387 g/mol. The molecule has 0 fully saturated rings. The van der Waals surface area contributed by atoms with E-state index in [4.69, 9.17) is 0 Å². The molecule has 0 spiro atoms. The molecule has 4 nitrogen and oxygen atoms in total. The van der Waals surface area contributed by atoms with E-state index in [1.54, 1.807) is 16.8 Å². The van der Waals surface area contributed by atoms with E-state index in [-0.39, 0.29) is 17.8 Å². The number of aromatic nitrogens is 2. The van der Waals surface area contributed by atoms with Crippen molar-refractivity contribution >= 4 is 16.7 Å². The first-order valence-corrected chi connectivity index (χ1v) is 9.56. The van der Waals surface area contributed by atoms with Crippen molar-refractivity contribution in [2.75, 3.05) is 0 Å². The summed E-state index contributed by atoms with van der Waals surface area (Å²) in [7, 11) is 0. The number of rotatable bonds is 4. The van der Waals surface area contributed by atoms with E-state index >= 15 is 0 Å². The van der Waals surface area contributed by atoms with Crippen LogP contribution in [0.25, 0.3) is 16.5 Å². The van der Waals surface area contributed by atoms with E-state index in [1.165, 1.54) is 17.5 Å². The molecule has 4 aromatic rings. The van der Waals surface area contributed by atoms with Crippen LogP contribution in [0.2, 0.25) is 0 Å². The van der Waals surface area contributed by atoms with Crippen LogP contribution in [-0.4, -0.2) is 15.7 Å². The third-order valence-corrected chi connectivity index (χ3v) is 5.21. The first kappa shape index (κ1) is 18.9. The number of nitrogens with zero attached hydrogens (tertiary/aromatic N) is 2. The lowest BCUT2D eigenvalue weighted by Crippen LogP contribution is -2.27. The van der Waals surface area contributed by atoms with Gasteiger partial charge in [0.1, 0.15) is 5.82 Å². The minimum Gasteiger partial charge on any atom is -0.345 e. The van der Waals surface area contributed by atoms with Crippen LogP contribution in [0.15, 0.2) is 66.7 Å². The van der Waals surface area contributed by atoms with Crippen molar-refractivity contribution in [2.45, 2.75) is 26.8 Å². The van der Waals surface area contributed by atoms with Gasteiger partial charge in [0.25, 0.3) is 5.91 Å². The Morgan fingerprint density at radius 3 is 2.41 bits per heavy atom. The van der Waals surface area contributed by atoms with Crippen molar-refractivity contribution in [1.82, 2.24) is 15.1 Å². The second-order valence-electron chi connectivity index (χ2n) is 7.24. The number of aryl methyl sites for hydroxylation is 1. The van der Waals surface area contributed by atoms with Gasteiger partial charge in [0.05, 0.1) is 28.7 Å².